The second-order valence-corrected chi connectivity index (χ2v) is 52.1. The number of benzene rings is 6. The van der Waals surface area contributed by atoms with Gasteiger partial charge in [-0.1, -0.05) is 297 Å². The van der Waals surface area contributed by atoms with E-state index in [1.807, 2.05) is 0 Å². The third-order valence-corrected chi connectivity index (χ3v) is 31.0. The monoisotopic (exact) mass is 1780 g/mol. The Morgan fingerprint density at radius 1 is 0.322 bits per heavy atom. The molecule has 0 radical (unpaired) electrons. The predicted octanol–water partition coefficient (Wildman–Crippen LogP) is 28.1. The molecule has 666 valence electrons. The van der Waals surface area contributed by atoms with Gasteiger partial charge >= 0.3 is 51.6 Å². The van der Waals surface area contributed by atoms with E-state index in [1.54, 1.807) is 0 Å². The van der Waals surface area contributed by atoms with E-state index in [4.69, 9.17) is 81.4 Å². The van der Waals surface area contributed by atoms with Gasteiger partial charge in [0.05, 0.1) is 95.5 Å². The van der Waals surface area contributed by atoms with Crippen LogP contribution in [0.2, 0.25) is 0 Å². The van der Waals surface area contributed by atoms with Crippen molar-refractivity contribution in [3.63, 3.8) is 0 Å². The second kappa shape index (κ2) is 34.9. The molecule has 0 saturated carbocycles. The average Bonchev–Trinajstić information content (AvgIpc) is 0.736. The molecule has 13 aliphatic rings. The summed E-state index contributed by atoms with van der Waals surface area (Å²) in [5.74, 6) is 4.60. The van der Waals surface area contributed by atoms with Gasteiger partial charge in [-0.3, -0.25) is 0 Å². The Morgan fingerprint density at radius 2 is 0.645 bits per heavy atom. The summed E-state index contributed by atoms with van der Waals surface area (Å²) in [6.07, 6.45) is 2.07. The van der Waals surface area contributed by atoms with Crippen molar-refractivity contribution in [2.75, 3.05) is 79.3 Å². The Balaban J connectivity index is 0.811. The Bertz CT molecular complexity index is 4650. The van der Waals surface area contributed by atoms with Gasteiger partial charge in [-0.2, -0.15) is 0 Å². The predicted molar refractivity (Wildman–Crippen MR) is 492 cm³/mol. The van der Waals surface area contributed by atoms with Crippen LogP contribution in [0.4, 0.5) is 0 Å². The fraction of sp³-hybridized carbons (Fsp3) is 0.629. The third-order valence-electron chi connectivity index (χ3n) is 24.9. The molecule has 1 unspecified atom stereocenters. The number of para-hydroxylation sites is 2. The minimum absolute atomic E-state index is 0.0119. The zero-order valence-electron chi connectivity index (χ0n) is 78.5. The van der Waals surface area contributed by atoms with E-state index in [-0.39, 0.29) is 51.6 Å². The summed E-state index contributed by atoms with van der Waals surface area (Å²) < 4.78 is 123. The molecule has 13 heterocycles. The molecule has 6 aromatic rings. The maximum atomic E-state index is 7.56. The molecule has 3 spiro atoms. The topological polar surface area (TPSA) is 166 Å². The molecule has 13 aliphatic heterocycles. The maximum Gasteiger partial charge on any atom is 0.397 e. The molecule has 0 aromatic heterocycles. The Labute approximate surface area is 733 Å². The van der Waals surface area contributed by atoms with Gasteiger partial charge in [0.25, 0.3) is 0 Å². The van der Waals surface area contributed by atoms with Gasteiger partial charge in [0, 0.05) is 50.1 Å². The van der Waals surface area contributed by atoms with Crippen LogP contribution in [0.5, 0.6) is 34.5 Å². The van der Waals surface area contributed by atoms with Crippen molar-refractivity contribution < 1.29 is 81.4 Å². The molecule has 19 rings (SSSR count). The van der Waals surface area contributed by atoms with Crippen molar-refractivity contribution in [3.05, 3.63) is 175 Å². The van der Waals surface area contributed by atoms with E-state index in [2.05, 4.69) is 312 Å². The highest BCUT2D eigenvalue weighted by Gasteiger charge is 2.52. The fourth-order valence-electron chi connectivity index (χ4n) is 18.1. The lowest BCUT2D eigenvalue weighted by molar-refractivity contribution is -0.0678. The SMILES string of the molecule is Cc1cc2c(c(C(C)(C)C)c1)OP1OCC3(CO1)COP(OC3)Oc1c(C(C)(C)C)cc(C)cc1C(C)(C)CC(C)(C)c1cccc(C(C)(C)CC(C)(C)c3cc(C(C)(C)C)ccc3OP3OCC4(COP(Oc5ccc(C(C)(C)C)cc5C(C)(C)C)OC4)CO3)c1OP1OCC3(COP(OC3)Oc3c(C(C)(C)C)cccc3C(C)(C)CC2C)CO1. The molecular weight excluding hydrogens is 1640 g/mol. The highest BCUT2D eigenvalue weighted by atomic mass is 31.2. The van der Waals surface area contributed by atoms with Crippen molar-refractivity contribution in [2.24, 2.45) is 16.2 Å². The van der Waals surface area contributed by atoms with E-state index in [0.29, 0.717) is 84.7 Å². The minimum atomic E-state index is -1.98. The summed E-state index contributed by atoms with van der Waals surface area (Å²) >= 11 is 0. The van der Waals surface area contributed by atoms with Gasteiger partial charge in [0.1, 0.15) is 34.5 Å². The summed E-state index contributed by atoms with van der Waals surface area (Å²) in [7, 11) is -11.0. The number of hydrogen-bond acceptors (Lipinski definition) is 18. The molecule has 0 N–H and O–H groups in total. The van der Waals surface area contributed by atoms with E-state index in [0.717, 1.165) is 102 Å². The van der Waals surface area contributed by atoms with Crippen LogP contribution in [0.25, 0.3) is 0 Å². The molecule has 6 fully saturated rings. The molecule has 18 nitrogen and oxygen atoms in total. The molecular formula is C97H140O18P6. The molecule has 24 heteroatoms. The summed E-state index contributed by atoms with van der Waals surface area (Å²) in [5.41, 5.74) is 9.77. The smallest absolute Gasteiger partial charge is 0.397 e. The van der Waals surface area contributed by atoms with Crippen molar-refractivity contribution in [2.45, 2.75) is 299 Å². The second-order valence-electron chi connectivity index (χ2n) is 45.3. The number of rotatable bonds is 8. The Hall–Kier alpha value is -3.78. The van der Waals surface area contributed by atoms with Crippen LogP contribution >= 0.6 is 51.6 Å². The Morgan fingerprint density at radius 3 is 1.05 bits per heavy atom. The van der Waals surface area contributed by atoms with Crippen molar-refractivity contribution in [1.29, 1.82) is 0 Å². The lowest BCUT2D eigenvalue weighted by Gasteiger charge is -2.44. The molecule has 6 saturated heterocycles. The third kappa shape index (κ3) is 21.6. The summed E-state index contributed by atoms with van der Waals surface area (Å²) in [6.45, 7) is 73.9. The van der Waals surface area contributed by atoms with Crippen LogP contribution < -0.4 is 27.1 Å². The Kier molecular flexibility index (Phi) is 27.4. The van der Waals surface area contributed by atoms with E-state index >= 15 is 0 Å². The molecule has 6 aromatic carbocycles. The zero-order chi connectivity index (χ0) is 88.2. The molecule has 0 amide bonds. The van der Waals surface area contributed by atoms with Crippen LogP contribution in [-0.4, -0.2) is 79.3 Å². The van der Waals surface area contributed by atoms with Crippen LogP contribution in [-0.2, 0) is 114 Å². The summed E-state index contributed by atoms with van der Waals surface area (Å²) in [6, 6.07) is 35.3. The van der Waals surface area contributed by atoms with Gasteiger partial charge < -0.3 is 81.4 Å². The normalized spacial score (nSPS) is 27.3. The number of aryl methyl sites for hydroxylation is 2. The largest absolute Gasteiger partial charge is 0.426 e. The van der Waals surface area contributed by atoms with Crippen LogP contribution in [0.15, 0.2) is 97.1 Å². The van der Waals surface area contributed by atoms with Crippen LogP contribution in [0.1, 0.15) is 304 Å². The molecule has 6 bridgehead atoms. The first-order chi connectivity index (χ1) is 56.0. The quantitative estimate of drug-likeness (QED) is 0.132. The first-order valence-electron chi connectivity index (χ1n) is 43.3. The first kappa shape index (κ1) is 94.8. The van der Waals surface area contributed by atoms with Crippen LogP contribution in [0, 0.1) is 30.1 Å². The highest BCUT2D eigenvalue weighted by Crippen LogP contribution is 2.63. The molecule has 0 aliphatic carbocycles. The molecule has 1 atom stereocenters. The standard InChI is InChI=1S/C97H140O18P6/c1-63-42-68-65(3)48-90(22,23)70-35-32-34-69(86(10,11)12)81(70)113-119-104-57-97(58-105-119)59-106-120(107-60-97)114-82-71(36-33-37-72(82)92(26,27)50-94(30,31)77-45-64(2)44-76(89(19,20)21)83(77)115-121-108-61-96(62-109-121)55-102-118(103-56-96)112-80(68)75(43-63)88(16,17)18)91(24,25)49-93(28,29)74-47-67(85(7,8)9)39-41-79(74)111-117-100-53-95(54-101-117)51-98-116(99-52-95)110-78-40-38-66(84(4,5)6)46-73(78)87(13,14)15/h32-47,65H,48-62H2,1-31H3. The number of hydrogen-bond donors (Lipinski definition) is 0. The average molecular weight is 1780 g/mol. The van der Waals surface area contributed by atoms with Gasteiger partial charge in [0.2, 0.25) is 0 Å². The van der Waals surface area contributed by atoms with Crippen molar-refractivity contribution in [3.8, 4) is 34.5 Å². The van der Waals surface area contributed by atoms with E-state index in [1.165, 1.54) is 11.1 Å². The highest BCUT2D eigenvalue weighted by molar-refractivity contribution is 7.43. The summed E-state index contributed by atoms with van der Waals surface area (Å²) in [4.78, 5) is 0. The molecule has 121 heavy (non-hydrogen) atoms. The van der Waals surface area contributed by atoms with E-state index in [9.17, 15) is 0 Å². The summed E-state index contributed by atoms with van der Waals surface area (Å²) in [5, 5.41) is 0. The maximum absolute atomic E-state index is 7.56. The fourth-order valence-corrected chi connectivity index (χ4v) is 25.7. The lowest BCUT2D eigenvalue weighted by atomic mass is 9.65. The van der Waals surface area contributed by atoms with E-state index < -0.39 is 94.9 Å². The first-order valence-corrected chi connectivity index (χ1v) is 49.9. The van der Waals surface area contributed by atoms with Gasteiger partial charge in [-0.15, -0.1) is 0 Å². The minimum Gasteiger partial charge on any atom is -0.426 e. The zero-order valence-corrected chi connectivity index (χ0v) is 83.8. The van der Waals surface area contributed by atoms with Crippen molar-refractivity contribution in [1.82, 2.24) is 0 Å². The van der Waals surface area contributed by atoms with Gasteiger partial charge in [-0.25, -0.2) is 0 Å². The van der Waals surface area contributed by atoms with Gasteiger partial charge in [-0.05, 0) is 127 Å². The van der Waals surface area contributed by atoms with Crippen LogP contribution in [0.3, 0.4) is 0 Å². The lowest BCUT2D eigenvalue weighted by Crippen LogP contribution is -2.45. The van der Waals surface area contributed by atoms with Gasteiger partial charge in [0.15, 0.2) is 0 Å². The van der Waals surface area contributed by atoms with Crippen molar-refractivity contribution >= 4 is 51.6 Å².